The topological polar surface area (TPSA) is 42.3 Å². The number of hydrogen-bond donors (Lipinski definition) is 0. The number of fused-ring (bicyclic) bond motifs is 2. The number of nitrogens with zero attached hydrogens (tertiary/aromatic N) is 2. The molecule has 1 aliphatic heterocycles. The molecule has 0 saturated carbocycles. The Labute approximate surface area is 153 Å². The summed E-state index contributed by atoms with van der Waals surface area (Å²) in [4.78, 5) is 27.1. The van der Waals surface area contributed by atoms with E-state index in [4.69, 9.17) is 0 Å². The molecule has 1 amide bonds. The van der Waals surface area contributed by atoms with Gasteiger partial charge in [-0.2, -0.15) is 0 Å². The van der Waals surface area contributed by atoms with Crippen molar-refractivity contribution in [2.24, 2.45) is 0 Å². The highest BCUT2D eigenvalue weighted by atomic mass is 16.2. The molecular weight excluding hydrogens is 324 g/mol. The van der Waals surface area contributed by atoms with Crippen LogP contribution in [0.25, 0.3) is 10.8 Å². The van der Waals surface area contributed by atoms with Crippen molar-refractivity contribution in [3.63, 3.8) is 0 Å². The Hall–Kier alpha value is -2.88. The van der Waals surface area contributed by atoms with Crippen molar-refractivity contribution < 1.29 is 9.59 Å². The quantitative estimate of drug-likeness (QED) is 0.664. The molecule has 4 nitrogen and oxygen atoms in total. The summed E-state index contributed by atoms with van der Waals surface area (Å²) in [5, 5.41) is 2.17. The van der Waals surface area contributed by atoms with Crippen molar-refractivity contribution >= 4 is 22.5 Å². The highest BCUT2D eigenvalue weighted by Crippen LogP contribution is 2.26. The second-order valence-corrected chi connectivity index (χ2v) is 6.87. The zero-order chi connectivity index (χ0) is 18.1. The van der Waals surface area contributed by atoms with Gasteiger partial charge in [0.15, 0.2) is 5.78 Å². The van der Waals surface area contributed by atoms with Crippen molar-refractivity contribution in [2.75, 3.05) is 6.54 Å². The third kappa shape index (κ3) is 3.03. The predicted molar refractivity (Wildman–Crippen MR) is 102 cm³/mol. The van der Waals surface area contributed by atoms with Crippen LogP contribution in [0.3, 0.4) is 0 Å². The van der Waals surface area contributed by atoms with E-state index >= 15 is 0 Å². The molecule has 0 radical (unpaired) electrons. The van der Waals surface area contributed by atoms with Gasteiger partial charge in [-0.15, -0.1) is 0 Å². The van der Waals surface area contributed by atoms with Crippen LogP contribution in [0.4, 0.5) is 0 Å². The molecule has 1 aromatic heterocycles. The van der Waals surface area contributed by atoms with Crippen LogP contribution in [0.5, 0.6) is 0 Å². The van der Waals surface area contributed by atoms with Gasteiger partial charge < -0.3 is 9.47 Å². The van der Waals surface area contributed by atoms with Crippen LogP contribution in [0.2, 0.25) is 0 Å². The Bertz CT molecular complexity index is 973. The minimum atomic E-state index is 0.0251. The van der Waals surface area contributed by atoms with Gasteiger partial charge in [-0.25, -0.2) is 0 Å². The number of carbonyl (C=O) groups is 2. The molecule has 4 heteroatoms. The van der Waals surface area contributed by atoms with Gasteiger partial charge in [0.05, 0.1) is 6.04 Å². The molecule has 132 valence electrons. The number of aromatic nitrogens is 1. The van der Waals surface area contributed by atoms with Gasteiger partial charge in [-0.1, -0.05) is 36.4 Å². The van der Waals surface area contributed by atoms with Crippen molar-refractivity contribution in [1.29, 1.82) is 0 Å². The number of benzene rings is 2. The predicted octanol–water partition coefficient (Wildman–Crippen LogP) is 4.21. The van der Waals surface area contributed by atoms with Gasteiger partial charge in [0.1, 0.15) is 0 Å². The summed E-state index contributed by atoms with van der Waals surface area (Å²) in [5.41, 5.74) is 1.84. The van der Waals surface area contributed by atoms with E-state index in [0.717, 1.165) is 23.0 Å². The Balaban J connectivity index is 1.41. The van der Waals surface area contributed by atoms with Crippen LogP contribution in [-0.4, -0.2) is 27.7 Å². The molecule has 2 heterocycles. The summed E-state index contributed by atoms with van der Waals surface area (Å²) in [6, 6.07) is 17.8. The molecule has 26 heavy (non-hydrogen) atoms. The van der Waals surface area contributed by atoms with Crippen LogP contribution in [0.15, 0.2) is 60.8 Å². The fourth-order valence-corrected chi connectivity index (χ4v) is 3.79. The number of hydrogen-bond acceptors (Lipinski definition) is 2. The van der Waals surface area contributed by atoms with E-state index in [2.05, 4.69) is 16.8 Å². The molecule has 0 fully saturated rings. The molecule has 0 bridgehead atoms. The molecule has 0 spiro atoms. The number of amides is 1. The van der Waals surface area contributed by atoms with Crippen LogP contribution in [-0.2, 0) is 11.3 Å². The van der Waals surface area contributed by atoms with E-state index in [-0.39, 0.29) is 30.6 Å². The molecule has 2 aromatic carbocycles. The normalized spacial score (nSPS) is 16.5. The van der Waals surface area contributed by atoms with Crippen LogP contribution in [0, 0.1) is 0 Å². The first-order valence-electron chi connectivity index (χ1n) is 9.10. The standard InChI is InChI=1S/C22H22N2O2/c1-16-20-7-4-12-23(20)13-14-24(16)22(26)11-10-21(25)19-9-8-17-5-2-3-6-18(17)15-19/h2-9,12,15-16H,10-11,13-14H2,1H3/t16-/m1/s1. The van der Waals surface area contributed by atoms with Crippen molar-refractivity contribution in [3.8, 4) is 0 Å². The highest BCUT2D eigenvalue weighted by Gasteiger charge is 2.27. The summed E-state index contributed by atoms with van der Waals surface area (Å²) < 4.78 is 2.19. The zero-order valence-electron chi connectivity index (χ0n) is 14.9. The second kappa shape index (κ2) is 6.79. The number of carbonyl (C=O) groups excluding carboxylic acids is 2. The summed E-state index contributed by atoms with van der Waals surface area (Å²) in [5.74, 6) is 0.0798. The van der Waals surface area contributed by atoms with Crippen LogP contribution in [0.1, 0.15) is 41.9 Å². The number of Topliss-reactive ketones (excluding diaryl/α,β-unsaturated/α-hetero) is 1. The van der Waals surface area contributed by atoms with Crippen LogP contribution >= 0.6 is 0 Å². The maximum absolute atomic E-state index is 12.7. The molecule has 0 unspecified atom stereocenters. The fraction of sp³-hybridized carbons (Fsp3) is 0.273. The molecule has 1 aliphatic rings. The van der Waals surface area contributed by atoms with E-state index in [1.165, 1.54) is 0 Å². The lowest BCUT2D eigenvalue weighted by atomic mass is 10.0. The first-order valence-corrected chi connectivity index (χ1v) is 9.10. The van der Waals surface area contributed by atoms with E-state index in [1.54, 1.807) is 0 Å². The van der Waals surface area contributed by atoms with Crippen molar-refractivity contribution in [2.45, 2.75) is 32.4 Å². The molecule has 0 aliphatic carbocycles. The van der Waals surface area contributed by atoms with Crippen molar-refractivity contribution in [3.05, 3.63) is 72.1 Å². The number of rotatable bonds is 4. The molecule has 0 saturated heterocycles. The largest absolute Gasteiger partial charge is 0.348 e. The van der Waals surface area contributed by atoms with Gasteiger partial charge >= 0.3 is 0 Å². The van der Waals surface area contributed by atoms with Crippen molar-refractivity contribution in [1.82, 2.24) is 9.47 Å². The Morgan fingerprint density at radius 3 is 2.62 bits per heavy atom. The monoisotopic (exact) mass is 346 g/mol. The lowest BCUT2D eigenvalue weighted by Crippen LogP contribution is -2.40. The average molecular weight is 346 g/mol. The van der Waals surface area contributed by atoms with E-state index in [0.29, 0.717) is 12.1 Å². The Kier molecular flexibility index (Phi) is 4.33. The van der Waals surface area contributed by atoms with Gasteiger partial charge in [0.2, 0.25) is 5.91 Å². The first kappa shape index (κ1) is 16.6. The van der Waals surface area contributed by atoms with Gasteiger partial charge in [0, 0.05) is 43.4 Å². The molecule has 0 N–H and O–H groups in total. The Morgan fingerprint density at radius 1 is 0.962 bits per heavy atom. The van der Waals surface area contributed by atoms with Crippen LogP contribution < -0.4 is 0 Å². The zero-order valence-corrected chi connectivity index (χ0v) is 14.9. The van der Waals surface area contributed by atoms with Gasteiger partial charge in [0.25, 0.3) is 0 Å². The fourth-order valence-electron chi connectivity index (χ4n) is 3.79. The minimum Gasteiger partial charge on any atom is -0.348 e. The maximum atomic E-state index is 12.7. The summed E-state index contributed by atoms with van der Waals surface area (Å²) in [6.07, 6.45) is 2.56. The lowest BCUT2D eigenvalue weighted by Gasteiger charge is -2.35. The first-order chi connectivity index (χ1) is 12.6. The molecule has 3 aromatic rings. The average Bonchev–Trinajstić information content (AvgIpc) is 3.15. The van der Waals surface area contributed by atoms with Gasteiger partial charge in [-0.3, -0.25) is 9.59 Å². The molecular formula is C22H22N2O2. The summed E-state index contributed by atoms with van der Waals surface area (Å²) in [7, 11) is 0. The third-order valence-corrected chi connectivity index (χ3v) is 5.30. The summed E-state index contributed by atoms with van der Waals surface area (Å²) >= 11 is 0. The van der Waals surface area contributed by atoms with Gasteiger partial charge in [-0.05, 0) is 35.9 Å². The lowest BCUT2D eigenvalue weighted by molar-refractivity contribution is -0.134. The number of ketones is 1. The molecule has 4 rings (SSSR count). The third-order valence-electron chi connectivity index (χ3n) is 5.30. The minimum absolute atomic E-state index is 0.0251. The van der Waals surface area contributed by atoms with E-state index in [9.17, 15) is 9.59 Å². The van der Waals surface area contributed by atoms with E-state index in [1.807, 2.05) is 60.4 Å². The summed E-state index contributed by atoms with van der Waals surface area (Å²) in [6.45, 7) is 3.57. The van der Waals surface area contributed by atoms with E-state index < -0.39 is 0 Å². The Morgan fingerprint density at radius 2 is 1.77 bits per heavy atom. The highest BCUT2D eigenvalue weighted by molar-refractivity contribution is 6.01. The molecule has 1 atom stereocenters. The maximum Gasteiger partial charge on any atom is 0.223 e. The SMILES string of the molecule is C[C@@H]1c2cccn2CCN1C(=O)CCC(=O)c1ccc2ccccc2c1. The smallest absolute Gasteiger partial charge is 0.223 e. The second-order valence-electron chi connectivity index (χ2n) is 6.87.